The Hall–Kier alpha value is -1.60. The van der Waals surface area contributed by atoms with E-state index >= 15 is 0 Å². The van der Waals surface area contributed by atoms with Crippen LogP contribution in [0.4, 0.5) is 5.69 Å². The van der Waals surface area contributed by atoms with Crippen molar-refractivity contribution in [3.8, 4) is 0 Å². The fraction of sp³-hybridized carbons (Fsp3) is 0.381. The molecule has 142 valence electrons. The number of nitrogens with one attached hydrogen (secondary N) is 1. The van der Waals surface area contributed by atoms with Crippen LogP contribution in [0.3, 0.4) is 0 Å². The fourth-order valence-electron chi connectivity index (χ4n) is 2.58. The number of rotatable bonds is 6. The SMILES string of the molecule is COCc1ccccc1NC(N)=NCCc1ccc(C(C)(C)C)cc1.I. The van der Waals surface area contributed by atoms with Gasteiger partial charge in [0.1, 0.15) is 0 Å². The zero-order chi connectivity index (χ0) is 18.3. The third-order valence-electron chi connectivity index (χ3n) is 4.08. The lowest BCUT2D eigenvalue weighted by atomic mass is 9.86. The Morgan fingerprint density at radius 1 is 1.08 bits per heavy atom. The van der Waals surface area contributed by atoms with Gasteiger partial charge in [-0.1, -0.05) is 63.2 Å². The fourth-order valence-corrected chi connectivity index (χ4v) is 2.58. The van der Waals surface area contributed by atoms with Gasteiger partial charge in [-0.2, -0.15) is 0 Å². The number of hydrogen-bond acceptors (Lipinski definition) is 2. The van der Waals surface area contributed by atoms with E-state index in [0.29, 0.717) is 19.1 Å². The highest BCUT2D eigenvalue weighted by atomic mass is 127. The van der Waals surface area contributed by atoms with Crippen LogP contribution in [0.2, 0.25) is 0 Å². The molecule has 0 spiro atoms. The van der Waals surface area contributed by atoms with E-state index in [1.54, 1.807) is 7.11 Å². The van der Waals surface area contributed by atoms with Gasteiger partial charge in [-0.3, -0.25) is 4.99 Å². The van der Waals surface area contributed by atoms with Crippen LogP contribution in [0.15, 0.2) is 53.5 Å². The van der Waals surface area contributed by atoms with Crippen molar-refractivity contribution < 1.29 is 4.74 Å². The molecule has 5 heteroatoms. The average molecular weight is 467 g/mol. The Kier molecular flexibility index (Phi) is 9.08. The van der Waals surface area contributed by atoms with E-state index in [4.69, 9.17) is 10.5 Å². The molecule has 0 fully saturated rings. The molecule has 26 heavy (non-hydrogen) atoms. The summed E-state index contributed by atoms with van der Waals surface area (Å²) in [7, 11) is 1.68. The maximum Gasteiger partial charge on any atom is 0.193 e. The molecular weight excluding hydrogens is 437 g/mol. The zero-order valence-electron chi connectivity index (χ0n) is 16.1. The third-order valence-corrected chi connectivity index (χ3v) is 4.08. The summed E-state index contributed by atoms with van der Waals surface area (Å²) in [6.45, 7) is 7.86. The van der Waals surface area contributed by atoms with Gasteiger partial charge in [-0.05, 0) is 29.0 Å². The summed E-state index contributed by atoms with van der Waals surface area (Å²) < 4.78 is 5.20. The summed E-state index contributed by atoms with van der Waals surface area (Å²) in [5.41, 5.74) is 10.8. The monoisotopic (exact) mass is 467 g/mol. The van der Waals surface area contributed by atoms with Gasteiger partial charge in [0, 0.05) is 24.9 Å². The van der Waals surface area contributed by atoms with Crippen molar-refractivity contribution >= 4 is 35.6 Å². The minimum absolute atomic E-state index is 0. The van der Waals surface area contributed by atoms with Gasteiger partial charge in [0.15, 0.2) is 5.96 Å². The van der Waals surface area contributed by atoms with Crippen LogP contribution in [-0.2, 0) is 23.2 Å². The molecule has 0 aliphatic carbocycles. The number of nitrogens with zero attached hydrogens (tertiary/aromatic N) is 1. The van der Waals surface area contributed by atoms with Crippen molar-refractivity contribution in [3.63, 3.8) is 0 Å². The number of aliphatic imine (C=N–C) groups is 1. The van der Waals surface area contributed by atoms with Crippen LogP contribution < -0.4 is 11.1 Å². The minimum Gasteiger partial charge on any atom is -0.380 e. The molecule has 4 nitrogen and oxygen atoms in total. The highest BCUT2D eigenvalue weighted by Crippen LogP contribution is 2.22. The lowest BCUT2D eigenvalue weighted by Gasteiger charge is -2.19. The number of benzene rings is 2. The predicted octanol–water partition coefficient (Wildman–Crippen LogP) is 4.72. The van der Waals surface area contributed by atoms with E-state index in [2.05, 4.69) is 55.3 Å². The number of hydrogen-bond donors (Lipinski definition) is 2. The van der Waals surface area contributed by atoms with E-state index in [1.165, 1.54) is 11.1 Å². The van der Waals surface area contributed by atoms with Crippen LogP contribution in [0.1, 0.15) is 37.5 Å². The molecule has 0 unspecified atom stereocenters. The molecular formula is C21H30IN3O. The predicted molar refractivity (Wildman–Crippen MR) is 122 cm³/mol. The van der Waals surface area contributed by atoms with Gasteiger partial charge in [0.05, 0.1) is 6.61 Å². The molecule has 0 aliphatic rings. The minimum atomic E-state index is 0. The Morgan fingerprint density at radius 2 is 1.73 bits per heavy atom. The molecule has 0 amide bonds. The number of halogens is 1. The smallest absolute Gasteiger partial charge is 0.193 e. The molecule has 0 atom stereocenters. The van der Waals surface area contributed by atoms with Gasteiger partial charge in [0.25, 0.3) is 0 Å². The van der Waals surface area contributed by atoms with Gasteiger partial charge in [-0.25, -0.2) is 0 Å². The van der Waals surface area contributed by atoms with Crippen LogP contribution in [0.5, 0.6) is 0 Å². The molecule has 2 rings (SSSR count). The largest absolute Gasteiger partial charge is 0.380 e. The number of anilines is 1. The topological polar surface area (TPSA) is 59.6 Å². The van der Waals surface area contributed by atoms with E-state index in [9.17, 15) is 0 Å². The Morgan fingerprint density at radius 3 is 2.35 bits per heavy atom. The first-order chi connectivity index (χ1) is 11.9. The highest BCUT2D eigenvalue weighted by Gasteiger charge is 2.12. The highest BCUT2D eigenvalue weighted by molar-refractivity contribution is 14.0. The summed E-state index contributed by atoms with van der Waals surface area (Å²) >= 11 is 0. The second kappa shape index (κ2) is 10.5. The summed E-state index contributed by atoms with van der Waals surface area (Å²) in [6.07, 6.45) is 0.868. The van der Waals surface area contributed by atoms with E-state index in [1.807, 2.05) is 24.3 Å². The molecule has 0 bridgehead atoms. The second-order valence-corrected chi connectivity index (χ2v) is 7.18. The van der Waals surface area contributed by atoms with Crippen LogP contribution >= 0.6 is 24.0 Å². The molecule has 2 aromatic rings. The van der Waals surface area contributed by atoms with E-state index in [0.717, 1.165) is 17.7 Å². The zero-order valence-corrected chi connectivity index (χ0v) is 18.4. The maximum atomic E-state index is 6.01. The Bertz CT molecular complexity index is 706. The quantitative estimate of drug-likeness (QED) is 0.367. The maximum absolute atomic E-state index is 6.01. The molecule has 0 aromatic heterocycles. The standard InChI is InChI=1S/C21H29N3O.HI/c1-21(2,3)18-11-9-16(10-12-18)13-14-23-20(22)24-19-8-6-5-7-17(19)15-25-4;/h5-12H,13-15H2,1-4H3,(H3,22,23,24);1H. The molecule has 3 N–H and O–H groups in total. The van der Waals surface area contributed by atoms with Gasteiger partial charge < -0.3 is 15.8 Å². The van der Waals surface area contributed by atoms with Crippen molar-refractivity contribution in [2.45, 2.75) is 39.2 Å². The van der Waals surface area contributed by atoms with Crippen molar-refractivity contribution in [1.29, 1.82) is 0 Å². The number of methoxy groups -OCH3 is 1. The number of para-hydroxylation sites is 1. The van der Waals surface area contributed by atoms with Gasteiger partial charge in [0.2, 0.25) is 0 Å². The number of guanidine groups is 1. The lowest BCUT2D eigenvalue weighted by molar-refractivity contribution is 0.185. The first kappa shape index (κ1) is 22.4. The van der Waals surface area contributed by atoms with Gasteiger partial charge >= 0.3 is 0 Å². The molecule has 0 saturated carbocycles. The third kappa shape index (κ3) is 6.96. The molecule has 0 heterocycles. The molecule has 0 aliphatic heterocycles. The van der Waals surface area contributed by atoms with Crippen LogP contribution in [-0.4, -0.2) is 19.6 Å². The summed E-state index contributed by atoms with van der Waals surface area (Å²) in [5, 5.41) is 3.16. The van der Waals surface area contributed by atoms with Crippen LogP contribution in [0.25, 0.3) is 0 Å². The second-order valence-electron chi connectivity index (χ2n) is 7.18. The van der Waals surface area contributed by atoms with Crippen molar-refractivity contribution in [2.75, 3.05) is 19.0 Å². The first-order valence-electron chi connectivity index (χ1n) is 8.63. The lowest BCUT2D eigenvalue weighted by Crippen LogP contribution is -2.23. The average Bonchev–Trinajstić information content (AvgIpc) is 2.56. The van der Waals surface area contributed by atoms with Crippen molar-refractivity contribution in [3.05, 3.63) is 65.2 Å². The molecule has 2 aromatic carbocycles. The Labute approximate surface area is 174 Å². The Balaban J connectivity index is 0.00000338. The number of ether oxygens (including phenoxy) is 1. The van der Waals surface area contributed by atoms with E-state index < -0.39 is 0 Å². The van der Waals surface area contributed by atoms with Crippen LogP contribution in [0, 0.1) is 0 Å². The summed E-state index contributed by atoms with van der Waals surface area (Å²) in [4.78, 5) is 4.43. The first-order valence-corrected chi connectivity index (χ1v) is 8.63. The van der Waals surface area contributed by atoms with Crippen molar-refractivity contribution in [2.24, 2.45) is 10.7 Å². The number of nitrogens with two attached hydrogens (primary N) is 1. The van der Waals surface area contributed by atoms with E-state index in [-0.39, 0.29) is 29.4 Å². The summed E-state index contributed by atoms with van der Waals surface area (Å²) in [5.74, 6) is 0.426. The van der Waals surface area contributed by atoms with Gasteiger partial charge in [-0.15, -0.1) is 24.0 Å². The summed E-state index contributed by atoms with van der Waals surface area (Å²) in [6, 6.07) is 16.7. The normalized spacial score (nSPS) is 11.8. The molecule has 0 saturated heterocycles. The molecule has 0 radical (unpaired) electrons. The van der Waals surface area contributed by atoms with Crippen molar-refractivity contribution in [1.82, 2.24) is 0 Å².